The molecule has 1 aromatic rings. The quantitative estimate of drug-likeness (QED) is 0.852. The van der Waals surface area contributed by atoms with Crippen molar-refractivity contribution in [3.05, 3.63) is 30.3 Å². The summed E-state index contributed by atoms with van der Waals surface area (Å²) in [6.07, 6.45) is 0. The van der Waals surface area contributed by atoms with Gasteiger partial charge in [-0.15, -0.1) is 0 Å². The number of fused-ring (bicyclic) bond motifs is 1. The zero-order valence-electron chi connectivity index (χ0n) is 11.0. The van der Waals surface area contributed by atoms with Crippen LogP contribution >= 0.6 is 0 Å². The molecule has 6 nitrogen and oxygen atoms in total. The normalized spacial score (nSPS) is 26.7. The molecule has 0 radical (unpaired) electrons. The molecular formula is C13H17N3O3S. The van der Waals surface area contributed by atoms with Crippen molar-refractivity contribution in [1.82, 2.24) is 9.21 Å². The molecule has 0 aliphatic carbocycles. The minimum atomic E-state index is -3.42. The van der Waals surface area contributed by atoms with Crippen molar-refractivity contribution in [2.24, 2.45) is 17.6 Å². The molecule has 1 aromatic carbocycles. The Morgan fingerprint density at radius 1 is 1.05 bits per heavy atom. The maximum absolute atomic E-state index is 12.5. The molecule has 3 rings (SSSR count). The fourth-order valence-electron chi connectivity index (χ4n) is 3.07. The van der Waals surface area contributed by atoms with Crippen LogP contribution in [-0.4, -0.2) is 49.8 Å². The molecule has 2 fully saturated rings. The number of sulfonamides is 1. The van der Waals surface area contributed by atoms with Gasteiger partial charge in [0.15, 0.2) is 0 Å². The van der Waals surface area contributed by atoms with E-state index in [0.29, 0.717) is 31.1 Å². The molecule has 108 valence electrons. The van der Waals surface area contributed by atoms with Gasteiger partial charge in [-0.25, -0.2) is 13.2 Å². The summed E-state index contributed by atoms with van der Waals surface area (Å²) in [7, 11) is -3.42. The number of primary amides is 1. The van der Waals surface area contributed by atoms with E-state index in [9.17, 15) is 13.2 Å². The first kappa shape index (κ1) is 13.4. The minimum absolute atomic E-state index is 0.195. The van der Waals surface area contributed by atoms with E-state index in [1.165, 1.54) is 4.31 Å². The smallest absolute Gasteiger partial charge is 0.314 e. The number of carbonyl (C=O) groups excluding carboxylic acids is 1. The summed E-state index contributed by atoms with van der Waals surface area (Å²) < 4.78 is 26.5. The fraction of sp³-hybridized carbons (Fsp3) is 0.462. The largest absolute Gasteiger partial charge is 0.351 e. The lowest BCUT2D eigenvalue weighted by atomic mass is 10.0. The highest BCUT2D eigenvalue weighted by molar-refractivity contribution is 7.89. The Morgan fingerprint density at radius 3 is 2.10 bits per heavy atom. The third-order valence-electron chi connectivity index (χ3n) is 4.15. The van der Waals surface area contributed by atoms with Gasteiger partial charge in [0.25, 0.3) is 0 Å². The minimum Gasteiger partial charge on any atom is -0.351 e. The Balaban J connectivity index is 1.75. The summed E-state index contributed by atoms with van der Waals surface area (Å²) in [6.45, 7) is 2.04. The van der Waals surface area contributed by atoms with Crippen molar-refractivity contribution in [2.75, 3.05) is 26.2 Å². The number of urea groups is 1. The van der Waals surface area contributed by atoms with E-state index in [0.717, 1.165) is 0 Å². The topological polar surface area (TPSA) is 83.7 Å². The van der Waals surface area contributed by atoms with E-state index in [1.54, 1.807) is 35.2 Å². The number of nitrogens with zero attached hydrogens (tertiary/aromatic N) is 2. The van der Waals surface area contributed by atoms with Crippen molar-refractivity contribution in [1.29, 1.82) is 0 Å². The van der Waals surface area contributed by atoms with Gasteiger partial charge in [-0.2, -0.15) is 4.31 Å². The van der Waals surface area contributed by atoms with Gasteiger partial charge in [-0.1, -0.05) is 18.2 Å². The molecule has 2 heterocycles. The maximum atomic E-state index is 12.5. The summed E-state index contributed by atoms with van der Waals surface area (Å²) in [5.41, 5.74) is 5.27. The van der Waals surface area contributed by atoms with Crippen LogP contribution in [0.15, 0.2) is 35.2 Å². The predicted octanol–water partition coefficient (Wildman–Crippen LogP) is 0.318. The first-order valence-corrected chi connectivity index (χ1v) is 8.02. The molecule has 2 N–H and O–H groups in total. The van der Waals surface area contributed by atoms with Crippen LogP contribution in [-0.2, 0) is 10.0 Å². The van der Waals surface area contributed by atoms with Gasteiger partial charge < -0.3 is 10.6 Å². The van der Waals surface area contributed by atoms with Gasteiger partial charge in [0.2, 0.25) is 10.0 Å². The van der Waals surface area contributed by atoms with Crippen molar-refractivity contribution in [2.45, 2.75) is 4.90 Å². The van der Waals surface area contributed by atoms with Crippen LogP contribution in [0.3, 0.4) is 0 Å². The first-order valence-electron chi connectivity index (χ1n) is 6.58. The van der Waals surface area contributed by atoms with E-state index in [2.05, 4.69) is 0 Å². The van der Waals surface area contributed by atoms with E-state index < -0.39 is 16.1 Å². The van der Waals surface area contributed by atoms with Crippen molar-refractivity contribution in [3.63, 3.8) is 0 Å². The third-order valence-corrected chi connectivity index (χ3v) is 5.99. The van der Waals surface area contributed by atoms with E-state index in [1.807, 2.05) is 0 Å². The standard InChI is InChI=1S/C13H17N3O3S/c14-13(17)15-6-10-8-16(9-11(10)7-15)20(18,19)12-4-2-1-3-5-12/h1-5,10-11H,6-9H2,(H2,14,17)/t10-,11+. The van der Waals surface area contributed by atoms with E-state index in [-0.39, 0.29) is 11.8 Å². The number of rotatable bonds is 2. The van der Waals surface area contributed by atoms with Gasteiger partial charge >= 0.3 is 6.03 Å². The highest BCUT2D eigenvalue weighted by Crippen LogP contribution is 2.33. The van der Waals surface area contributed by atoms with Crippen LogP contribution in [0.5, 0.6) is 0 Å². The fourth-order valence-corrected chi connectivity index (χ4v) is 4.64. The number of nitrogens with two attached hydrogens (primary N) is 1. The lowest BCUT2D eigenvalue weighted by molar-refractivity contribution is 0.213. The zero-order chi connectivity index (χ0) is 14.3. The van der Waals surface area contributed by atoms with Crippen LogP contribution in [0, 0.1) is 11.8 Å². The summed E-state index contributed by atoms with van der Waals surface area (Å²) in [5.74, 6) is 0.391. The molecule has 20 heavy (non-hydrogen) atoms. The third kappa shape index (κ3) is 2.16. The van der Waals surface area contributed by atoms with Crippen LogP contribution < -0.4 is 5.73 Å². The van der Waals surface area contributed by atoms with Crippen molar-refractivity contribution in [3.8, 4) is 0 Å². The molecule has 0 unspecified atom stereocenters. The average Bonchev–Trinajstić information content (AvgIpc) is 2.98. The average molecular weight is 295 g/mol. The van der Waals surface area contributed by atoms with Gasteiger partial charge in [0.1, 0.15) is 0 Å². The summed E-state index contributed by atoms with van der Waals surface area (Å²) >= 11 is 0. The highest BCUT2D eigenvalue weighted by atomic mass is 32.2. The molecule has 0 bridgehead atoms. The molecule has 2 amide bonds. The van der Waals surface area contributed by atoms with Gasteiger partial charge in [0, 0.05) is 26.2 Å². The molecule has 2 aliphatic rings. The molecule has 0 aromatic heterocycles. The second kappa shape index (κ2) is 4.75. The molecule has 0 saturated carbocycles. The molecule has 2 saturated heterocycles. The Hall–Kier alpha value is -1.60. The monoisotopic (exact) mass is 295 g/mol. The van der Waals surface area contributed by atoms with Gasteiger partial charge in [-0.3, -0.25) is 0 Å². The first-order chi connectivity index (χ1) is 9.48. The van der Waals surface area contributed by atoms with Gasteiger partial charge in [-0.05, 0) is 24.0 Å². The SMILES string of the molecule is NC(=O)N1C[C@@H]2CN(S(=O)(=O)c3ccccc3)C[C@@H]2C1. The van der Waals surface area contributed by atoms with Crippen molar-refractivity contribution >= 4 is 16.1 Å². The van der Waals surface area contributed by atoms with Gasteiger partial charge in [0.05, 0.1) is 4.90 Å². The highest BCUT2D eigenvalue weighted by Gasteiger charge is 2.44. The Bertz CT molecular complexity index is 603. The van der Waals surface area contributed by atoms with Crippen LogP contribution in [0.2, 0.25) is 0 Å². The second-order valence-electron chi connectivity index (χ2n) is 5.40. The van der Waals surface area contributed by atoms with Crippen LogP contribution in [0.4, 0.5) is 4.79 Å². The Labute approximate surface area is 118 Å². The van der Waals surface area contributed by atoms with Crippen molar-refractivity contribution < 1.29 is 13.2 Å². The van der Waals surface area contributed by atoms with E-state index >= 15 is 0 Å². The van der Waals surface area contributed by atoms with Crippen LogP contribution in [0.1, 0.15) is 0 Å². The lowest BCUT2D eigenvalue weighted by Crippen LogP contribution is -2.38. The summed E-state index contributed by atoms with van der Waals surface area (Å²) in [6, 6.07) is 8.04. The second-order valence-corrected chi connectivity index (χ2v) is 7.34. The number of hydrogen-bond donors (Lipinski definition) is 1. The summed E-state index contributed by atoms with van der Waals surface area (Å²) in [4.78, 5) is 13.1. The Kier molecular flexibility index (Phi) is 3.18. The number of benzene rings is 1. The number of likely N-dealkylation sites (tertiary alicyclic amines) is 1. The molecule has 2 atom stereocenters. The summed E-state index contributed by atoms with van der Waals surface area (Å²) in [5, 5.41) is 0. The number of carbonyl (C=O) groups is 1. The molecule has 0 spiro atoms. The lowest BCUT2D eigenvalue weighted by Gasteiger charge is -2.20. The van der Waals surface area contributed by atoms with E-state index in [4.69, 9.17) is 5.73 Å². The zero-order valence-corrected chi connectivity index (χ0v) is 11.8. The molecule has 2 aliphatic heterocycles. The van der Waals surface area contributed by atoms with Crippen LogP contribution in [0.25, 0.3) is 0 Å². The maximum Gasteiger partial charge on any atom is 0.314 e. The molecule has 7 heteroatoms. The predicted molar refractivity (Wildman–Crippen MR) is 73.3 cm³/mol. The number of hydrogen-bond acceptors (Lipinski definition) is 3. The Morgan fingerprint density at radius 2 is 1.60 bits per heavy atom. The number of amides is 2. The molecular weight excluding hydrogens is 278 g/mol.